The van der Waals surface area contributed by atoms with Gasteiger partial charge in [-0.15, -0.1) is 0 Å². The zero-order chi connectivity index (χ0) is 14.8. The number of carbonyl (C=O) groups is 1. The lowest BCUT2D eigenvalue weighted by Gasteiger charge is -2.27. The quantitative estimate of drug-likeness (QED) is 0.923. The van der Waals surface area contributed by atoms with Crippen LogP contribution in [0.1, 0.15) is 26.2 Å². The number of anilines is 1. The van der Waals surface area contributed by atoms with Gasteiger partial charge in [0.1, 0.15) is 5.82 Å². The van der Waals surface area contributed by atoms with Gasteiger partial charge in [-0.3, -0.25) is 9.20 Å². The Morgan fingerprint density at radius 3 is 3.29 bits per heavy atom. The van der Waals surface area contributed by atoms with Crippen molar-refractivity contribution >= 4 is 33.3 Å². The van der Waals surface area contributed by atoms with Crippen LogP contribution in [0.5, 0.6) is 0 Å². The van der Waals surface area contributed by atoms with Crippen LogP contribution in [0.25, 0.3) is 5.65 Å². The van der Waals surface area contributed by atoms with Gasteiger partial charge >= 0.3 is 0 Å². The number of halogens is 1. The molecule has 0 radical (unpaired) electrons. The maximum absolute atomic E-state index is 12.4. The Morgan fingerprint density at radius 2 is 2.48 bits per heavy atom. The lowest BCUT2D eigenvalue weighted by atomic mass is 9.93. The molecule has 2 atom stereocenters. The van der Waals surface area contributed by atoms with E-state index < -0.39 is 0 Å². The topological polar surface area (TPSA) is 55.6 Å². The molecule has 0 saturated carbocycles. The summed E-state index contributed by atoms with van der Waals surface area (Å²) in [5.74, 6) is 0.774. The van der Waals surface area contributed by atoms with Crippen LogP contribution in [0.15, 0.2) is 29.0 Å². The molecule has 5 nitrogen and oxygen atoms in total. The van der Waals surface area contributed by atoms with Crippen LogP contribution in [0.3, 0.4) is 0 Å². The summed E-state index contributed by atoms with van der Waals surface area (Å²) in [5, 5.41) is 2.99. The van der Waals surface area contributed by atoms with E-state index in [2.05, 4.69) is 33.2 Å². The predicted octanol–water partition coefficient (Wildman–Crippen LogP) is 3.24. The number of aromatic nitrogens is 2. The van der Waals surface area contributed by atoms with E-state index in [1.165, 1.54) is 0 Å². The van der Waals surface area contributed by atoms with E-state index in [1.807, 2.05) is 22.7 Å². The number of nitrogens with zero attached hydrogens (tertiary/aromatic N) is 2. The Balaban J connectivity index is 1.76. The van der Waals surface area contributed by atoms with Gasteiger partial charge in [0.05, 0.1) is 16.8 Å². The summed E-state index contributed by atoms with van der Waals surface area (Å²) in [6.45, 7) is 2.75. The standard InChI is InChI=1S/C15H18BrN3O2/c1-2-11-8-10(5-7-21-11)15(20)18-13-9-17-14-12(16)4-3-6-19(13)14/h3-4,6,9-11H,2,5,7-8H2,1H3,(H,18,20). The molecule has 0 aromatic carbocycles. The first kappa shape index (κ1) is 14.5. The highest BCUT2D eigenvalue weighted by atomic mass is 79.9. The molecule has 1 fully saturated rings. The van der Waals surface area contributed by atoms with Crippen molar-refractivity contribution in [3.63, 3.8) is 0 Å². The molecule has 2 aromatic heterocycles. The fourth-order valence-corrected chi connectivity index (χ4v) is 3.15. The van der Waals surface area contributed by atoms with E-state index in [4.69, 9.17) is 4.74 Å². The second kappa shape index (κ2) is 6.15. The minimum absolute atomic E-state index is 0.0152. The monoisotopic (exact) mass is 351 g/mol. The average molecular weight is 352 g/mol. The molecular weight excluding hydrogens is 334 g/mol. The Bertz CT molecular complexity index is 655. The van der Waals surface area contributed by atoms with Gasteiger partial charge in [-0.1, -0.05) is 6.92 Å². The van der Waals surface area contributed by atoms with Gasteiger partial charge in [-0.05, 0) is 47.3 Å². The molecule has 112 valence electrons. The zero-order valence-electron chi connectivity index (χ0n) is 11.9. The predicted molar refractivity (Wildman–Crippen MR) is 84.3 cm³/mol. The summed E-state index contributed by atoms with van der Waals surface area (Å²) < 4.78 is 8.40. The summed E-state index contributed by atoms with van der Waals surface area (Å²) >= 11 is 3.46. The normalized spacial score (nSPS) is 22.4. The van der Waals surface area contributed by atoms with E-state index >= 15 is 0 Å². The zero-order valence-corrected chi connectivity index (χ0v) is 13.5. The van der Waals surface area contributed by atoms with Gasteiger partial charge in [0.2, 0.25) is 5.91 Å². The minimum Gasteiger partial charge on any atom is -0.378 e. The van der Waals surface area contributed by atoms with Gasteiger partial charge in [0.15, 0.2) is 5.65 Å². The van der Waals surface area contributed by atoms with Crippen molar-refractivity contribution in [2.75, 3.05) is 11.9 Å². The summed E-state index contributed by atoms with van der Waals surface area (Å²) in [6, 6.07) is 3.84. The first-order chi connectivity index (χ1) is 10.2. The van der Waals surface area contributed by atoms with Gasteiger partial charge in [0, 0.05) is 18.7 Å². The van der Waals surface area contributed by atoms with Crippen LogP contribution < -0.4 is 5.32 Å². The molecule has 3 heterocycles. The Labute approximate surface area is 131 Å². The molecular formula is C15H18BrN3O2. The maximum Gasteiger partial charge on any atom is 0.228 e. The third kappa shape index (κ3) is 2.96. The van der Waals surface area contributed by atoms with Crippen LogP contribution in [0, 0.1) is 5.92 Å². The van der Waals surface area contributed by atoms with Crippen LogP contribution in [-0.2, 0) is 9.53 Å². The number of rotatable bonds is 3. The van der Waals surface area contributed by atoms with Crippen molar-refractivity contribution in [3.05, 3.63) is 29.0 Å². The molecule has 1 saturated heterocycles. The minimum atomic E-state index is 0.0152. The van der Waals surface area contributed by atoms with E-state index in [0.717, 1.165) is 29.4 Å². The summed E-state index contributed by atoms with van der Waals surface area (Å²) in [4.78, 5) is 16.8. The molecule has 1 aliphatic heterocycles. The van der Waals surface area contributed by atoms with Crippen molar-refractivity contribution in [2.45, 2.75) is 32.3 Å². The van der Waals surface area contributed by atoms with Crippen LogP contribution >= 0.6 is 15.9 Å². The van der Waals surface area contributed by atoms with Crippen molar-refractivity contribution < 1.29 is 9.53 Å². The van der Waals surface area contributed by atoms with Crippen LogP contribution in [0.4, 0.5) is 5.82 Å². The molecule has 0 bridgehead atoms. The number of ether oxygens (including phenoxy) is 1. The van der Waals surface area contributed by atoms with Crippen molar-refractivity contribution in [1.29, 1.82) is 0 Å². The van der Waals surface area contributed by atoms with E-state index in [-0.39, 0.29) is 17.9 Å². The fraction of sp³-hybridized carbons (Fsp3) is 0.467. The number of pyridine rings is 1. The van der Waals surface area contributed by atoms with E-state index in [0.29, 0.717) is 12.4 Å². The van der Waals surface area contributed by atoms with Gasteiger partial charge < -0.3 is 10.1 Å². The molecule has 6 heteroatoms. The maximum atomic E-state index is 12.4. The average Bonchev–Trinajstić information content (AvgIpc) is 2.92. The Kier molecular flexibility index (Phi) is 4.26. The Hall–Kier alpha value is -1.40. The number of carbonyl (C=O) groups excluding carboxylic acids is 1. The number of hydrogen-bond donors (Lipinski definition) is 1. The van der Waals surface area contributed by atoms with Gasteiger partial charge in [-0.2, -0.15) is 0 Å². The lowest BCUT2D eigenvalue weighted by Crippen LogP contribution is -2.33. The highest BCUT2D eigenvalue weighted by Gasteiger charge is 2.27. The molecule has 3 rings (SSSR count). The van der Waals surface area contributed by atoms with Crippen LogP contribution in [-0.4, -0.2) is 28.0 Å². The number of nitrogens with one attached hydrogen (secondary N) is 1. The number of imidazole rings is 1. The largest absolute Gasteiger partial charge is 0.378 e. The molecule has 2 unspecified atom stereocenters. The van der Waals surface area contributed by atoms with Crippen molar-refractivity contribution in [3.8, 4) is 0 Å². The smallest absolute Gasteiger partial charge is 0.228 e. The molecule has 1 aliphatic rings. The molecule has 0 aliphatic carbocycles. The molecule has 1 N–H and O–H groups in total. The Morgan fingerprint density at radius 1 is 1.62 bits per heavy atom. The van der Waals surface area contributed by atoms with E-state index in [9.17, 15) is 4.79 Å². The second-order valence-corrected chi connectivity index (χ2v) is 6.16. The summed E-state index contributed by atoms with van der Waals surface area (Å²) in [6.07, 6.45) is 6.31. The highest BCUT2D eigenvalue weighted by molar-refractivity contribution is 9.10. The third-order valence-corrected chi connectivity index (χ3v) is 4.55. The lowest BCUT2D eigenvalue weighted by molar-refractivity contribution is -0.124. The molecule has 21 heavy (non-hydrogen) atoms. The first-order valence-corrected chi connectivity index (χ1v) is 8.02. The summed E-state index contributed by atoms with van der Waals surface area (Å²) in [7, 11) is 0. The highest BCUT2D eigenvalue weighted by Crippen LogP contribution is 2.25. The van der Waals surface area contributed by atoms with Crippen molar-refractivity contribution in [1.82, 2.24) is 9.38 Å². The van der Waals surface area contributed by atoms with Crippen molar-refractivity contribution in [2.24, 2.45) is 5.92 Å². The fourth-order valence-electron chi connectivity index (χ4n) is 2.70. The second-order valence-electron chi connectivity index (χ2n) is 5.30. The van der Waals surface area contributed by atoms with E-state index in [1.54, 1.807) is 6.20 Å². The van der Waals surface area contributed by atoms with Gasteiger partial charge in [0.25, 0.3) is 0 Å². The number of fused-ring (bicyclic) bond motifs is 1. The summed E-state index contributed by atoms with van der Waals surface area (Å²) in [5.41, 5.74) is 0.797. The number of amides is 1. The molecule has 1 amide bonds. The molecule has 0 spiro atoms. The van der Waals surface area contributed by atoms with Crippen LogP contribution in [0.2, 0.25) is 0 Å². The SMILES string of the molecule is CCC1CC(C(=O)Nc2cnc3c(Br)cccn23)CCO1. The first-order valence-electron chi connectivity index (χ1n) is 7.23. The number of hydrogen-bond acceptors (Lipinski definition) is 3. The third-order valence-electron chi connectivity index (χ3n) is 3.93. The van der Waals surface area contributed by atoms with Gasteiger partial charge in [-0.25, -0.2) is 4.98 Å². The molecule has 2 aromatic rings.